The summed E-state index contributed by atoms with van der Waals surface area (Å²) in [5.74, 6) is -1.54. The van der Waals surface area contributed by atoms with Crippen molar-refractivity contribution in [2.75, 3.05) is 13.1 Å². The van der Waals surface area contributed by atoms with Crippen LogP contribution in [0.25, 0.3) is 0 Å². The molecule has 0 spiro atoms. The van der Waals surface area contributed by atoms with Crippen molar-refractivity contribution in [2.45, 2.75) is 216 Å². The minimum absolute atomic E-state index is 0. The third-order valence-electron chi connectivity index (χ3n) is 20.3. The molecular formula is C61H86ClF2N7O13S2. The number of hydrogen-bond donors (Lipinski definition) is 4. The number of halogens is 3. The third-order valence-corrected chi connectivity index (χ3v) is 24.1. The first-order valence-electron chi connectivity index (χ1n) is 30.8. The Morgan fingerprint density at radius 1 is 0.651 bits per heavy atom. The maximum Gasteiger partial charge on any atom is 0.410 e. The summed E-state index contributed by atoms with van der Waals surface area (Å²) in [6.45, 7) is 13.5. The highest BCUT2D eigenvalue weighted by Gasteiger charge is 2.59. The largest absolute Gasteiger partial charge is 0.480 e. The lowest BCUT2D eigenvalue weighted by atomic mass is 9.84. The number of aliphatic carboxylic acids is 1. The molecule has 476 valence electrons. The van der Waals surface area contributed by atoms with Crippen molar-refractivity contribution in [3.63, 3.8) is 0 Å². The van der Waals surface area contributed by atoms with Gasteiger partial charge in [0.2, 0.25) is 31.9 Å². The van der Waals surface area contributed by atoms with Gasteiger partial charge in [-0.2, -0.15) is 0 Å². The number of ether oxygens (including phenoxy) is 2. The average molecular weight is 1260 g/mol. The number of rotatable bonds is 18. The smallest absolute Gasteiger partial charge is 0.410 e. The highest BCUT2D eigenvalue weighted by atomic mass is 35.5. The van der Waals surface area contributed by atoms with E-state index in [0.29, 0.717) is 62.1 Å². The summed E-state index contributed by atoms with van der Waals surface area (Å²) in [5, 5.41) is 9.16. The first kappa shape index (κ1) is 65.4. The molecule has 12 atom stereocenters. The summed E-state index contributed by atoms with van der Waals surface area (Å²) >= 11 is 0. The fourth-order valence-electron chi connectivity index (χ4n) is 14.4. The van der Waals surface area contributed by atoms with Gasteiger partial charge in [0.25, 0.3) is 0 Å². The van der Waals surface area contributed by atoms with E-state index in [9.17, 15) is 59.5 Å². The molecule has 4 amide bonds. The van der Waals surface area contributed by atoms with Crippen molar-refractivity contribution in [1.29, 1.82) is 0 Å². The molecule has 6 aliphatic heterocycles. The van der Waals surface area contributed by atoms with Crippen molar-refractivity contribution in [3.05, 3.63) is 70.3 Å². The number of carboxylic acid groups (broad SMARTS) is 1. The number of carbonyl (C=O) groups is 6. The Morgan fingerprint density at radius 3 is 1.49 bits per heavy atom. The summed E-state index contributed by atoms with van der Waals surface area (Å²) in [5.41, 5.74) is 7.76. The van der Waals surface area contributed by atoms with Crippen LogP contribution in [0.5, 0.6) is 0 Å². The monoisotopic (exact) mass is 1260 g/mol. The van der Waals surface area contributed by atoms with Gasteiger partial charge in [-0.3, -0.25) is 24.2 Å². The van der Waals surface area contributed by atoms with Gasteiger partial charge in [0, 0.05) is 73.9 Å². The molecule has 25 heteroatoms. The normalized spacial score (nSPS) is 31.4. The first-order valence-corrected chi connectivity index (χ1v) is 33.9. The zero-order valence-corrected chi connectivity index (χ0v) is 52.5. The maximum atomic E-state index is 14.3. The van der Waals surface area contributed by atoms with Crippen molar-refractivity contribution < 1.29 is 69.0 Å². The second kappa shape index (κ2) is 25.5. The minimum Gasteiger partial charge on any atom is -0.480 e. The molecule has 10 aliphatic rings. The van der Waals surface area contributed by atoms with E-state index in [4.69, 9.17) is 15.2 Å². The number of ketones is 1. The number of carbonyl (C=O) groups excluding carboxylic acids is 5. The predicted octanol–water partition coefficient (Wildman–Crippen LogP) is 7.52. The van der Waals surface area contributed by atoms with Crippen LogP contribution < -0.4 is 15.2 Å². The fraction of sp³-hybridized carbons (Fsp3) is 0.705. The lowest BCUT2D eigenvalue weighted by Gasteiger charge is -2.40. The van der Waals surface area contributed by atoms with Gasteiger partial charge in [0.1, 0.15) is 29.9 Å². The number of nitrogens with zero attached hydrogens (tertiary/aromatic N) is 4. The Morgan fingerprint density at radius 2 is 1.09 bits per heavy atom. The Labute approximate surface area is 510 Å². The molecule has 20 nitrogen and oxygen atoms in total. The summed E-state index contributed by atoms with van der Waals surface area (Å²) in [6.07, 6.45) is 7.15. The van der Waals surface area contributed by atoms with E-state index in [0.717, 1.165) is 49.7 Å². The molecule has 4 saturated heterocycles. The Hall–Kier alpha value is -5.01. The molecule has 4 saturated carbocycles. The van der Waals surface area contributed by atoms with Gasteiger partial charge < -0.3 is 30.1 Å². The van der Waals surface area contributed by atoms with Gasteiger partial charge in [-0.25, -0.2) is 49.4 Å². The van der Waals surface area contributed by atoms with Gasteiger partial charge in [-0.1, -0.05) is 78.6 Å². The first-order chi connectivity index (χ1) is 40.2. The number of Topliss-reactive ketones (excluding diaryl/α,β-unsaturated/α-hetero) is 1. The molecule has 0 bridgehead atoms. The molecule has 0 unspecified atom stereocenters. The number of nitrogens with one attached hydrogen (secondary N) is 2. The van der Waals surface area contributed by atoms with Crippen LogP contribution in [0.4, 0.5) is 18.4 Å². The van der Waals surface area contributed by atoms with Gasteiger partial charge in [-0.05, 0) is 117 Å². The standard InChI is InChI=1S/C31H42FN3O6S.C21H25FN2O5.C9H18N2O2S.ClH/c1-4-20-13-31(20,17-33-42(39,40)21-8-9-21)14-27(36)26-12-28(25-11-10-22(18(2)3)29(37)35(25)26)41-30(38)34-15-19-6-5-7-24(32)23(19)16-34;1-11(2)13-6-7-16-18(8-17(20(26)27)24(16)19(13)25)29-21(28)23-9-12-4-3-5-15(22)14(12)10-23;1-2-7-5-9(7,10)6-11-14(12,13)8-3-4-8;/h5-7,18,20-22,25-26,28,33H,4,8-17H2,1-3H3;3-5,11,13,16-18H,6-10H2,1-2H3,(H,26,27);7-8,11H,2-6,10H2,1H3;1H/t20-,22-,25-,26+,28-,31+;13-,16-,17+,18-;7-,9+;/m111./s1. The van der Waals surface area contributed by atoms with Gasteiger partial charge in [-0.15, -0.1) is 12.4 Å². The fourth-order valence-corrected chi connectivity index (χ4v) is 17.4. The number of carboxylic acids is 1. The van der Waals surface area contributed by atoms with Crippen molar-refractivity contribution >= 4 is 68.2 Å². The molecule has 2 aromatic carbocycles. The average Bonchev–Trinajstić information content (AvgIpc) is 3.21. The number of amides is 4. The van der Waals surface area contributed by atoms with E-state index in [1.54, 1.807) is 29.2 Å². The molecule has 5 N–H and O–H groups in total. The molecule has 4 aliphatic carbocycles. The van der Waals surface area contributed by atoms with E-state index in [2.05, 4.69) is 23.3 Å². The van der Waals surface area contributed by atoms with E-state index in [1.165, 1.54) is 26.8 Å². The van der Waals surface area contributed by atoms with Crippen LogP contribution in [-0.4, -0.2) is 143 Å². The van der Waals surface area contributed by atoms with E-state index in [-0.39, 0.29) is 139 Å². The Bertz CT molecular complexity index is 3170. The third kappa shape index (κ3) is 13.6. The molecule has 2 aromatic rings. The van der Waals surface area contributed by atoms with Crippen LogP contribution in [-0.2, 0) is 74.9 Å². The SMILES string of the molecule is CC(C)[C@H]1CC[C@@H]2[C@H](OC(=O)N3Cc4cccc(F)c4C3)C[C@@H](C(=O)O)N2C1=O.CC[C@@H]1C[C@@]1(CNS(=O)(=O)C1CC1)CC(=O)[C@@H]1C[C@@H](OC(=O)N2Cc3cccc(F)c3C2)[C@H]2CC[C@H](C(C)C)C(=O)N21.CC[C@@H]1C[C@]1(N)CNS(=O)(=O)C1CC1.Cl. The zero-order valence-electron chi connectivity index (χ0n) is 50.1. The molecular weight excluding hydrogens is 1180 g/mol. The van der Waals surface area contributed by atoms with Crippen molar-refractivity contribution in [2.24, 2.45) is 46.7 Å². The second-order valence-corrected chi connectivity index (χ2v) is 30.7. The predicted molar refractivity (Wildman–Crippen MR) is 316 cm³/mol. The van der Waals surface area contributed by atoms with Gasteiger partial charge >= 0.3 is 18.2 Å². The number of hydrogen-bond acceptors (Lipinski definition) is 13. The minimum atomic E-state index is -3.38. The maximum absolute atomic E-state index is 14.3. The summed E-state index contributed by atoms with van der Waals surface area (Å²) in [6, 6.07) is 7.02. The zero-order chi connectivity index (χ0) is 61.2. The van der Waals surface area contributed by atoms with E-state index >= 15 is 0 Å². The number of benzene rings is 2. The van der Waals surface area contributed by atoms with E-state index in [1.807, 2.05) is 27.7 Å². The number of fused-ring (bicyclic) bond motifs is 4. The molecule has 12 rings (SSSR count). The molecule has 86 heavy (non-hydrogen) atoms. The lowest BCUT2D eigenvalue weighted by molar-refractivity contribution is -0.155. The van der Waals surface area contributed by atoms with Crippen LogP contribution in [0.2, 0.25) is 0 Å². The highest BCUT2D eigenvalue weighted by molar-refractivity contribution is 7.90. The molecule has 0 radical (unpaired) electrons. The molecule has 8 fully saturated rings. The lowest BCUT2D eigenvalue weighted by Crippen LogP contribution is -2.53. The molecule has 6 heterocycles. The van der Waals surface area contributed by atoms with Crippen LogP contribution in [0.1, 0.15) is 160 Å². The topological polar surface area (TPSA) is 272 Å². The van der Waals surface area contributed by atoms with E-state index < -0.39 is 80.0 Å². The molecule has 0 aromatic heterocycles. The van der Waals surface area contributed by atoms with Crippen LogP contribution >= 0.6 is 12.4 Å². The van der Waals surface area contributed by atoms with Crippen LogP contribution in [0, 0.1) is 52.6 Å². The van der Waals surface area contributed by atoms with Crippen molar-refractivity contribution in [1.82, 2.24) is 29.0 Å². The number of piperidine rings is 2. The van der Waals surface area contributed by atoms with Crippen LogP contribution in [0.15, 0.2) is 36.4 Å². The summed E-state index contributed by atoms with van der Waals surface area (Å²) in [4.78, 5) is 84.4. The number of sulfonamides is 2. The summed E-state index contributed by atoms with van der Waals surface area (Å²) < 4.78 is 93.4. The van der Waals surface area contributed by atoms with Crippen LogP contribution in [0.3, 0.4) is 0 Å². The quantitative estimate of drug-likeness (QED) is 0.112. The summed E-state index contributed by atoms with van der Waals surface area (Å²) in [7, 11) is -6.42. The van der Waals surface area contributed by atoms with Gasteiger partial charge in [0.05, 0.1) is 41.7 Å². The Balaban J connectivity index is 0.000000173. The Kier molecular flexibility index (Phi) is 19.4. The number of nitrogens with two attached hydrogens (primary N) is 1. The highest BCUT2D eigenvalue weighted by Crippen LogP contribution is 2.58. The van der Waals surface area contributed by atoms with Gasteiger partial charge in [0.15, 0.2) is 5.78 Å². The van der Waals surface area contributed by atoms with Crippen molar-refractivity contribution in [3.8, 4) is 0 Å². The second-order valence-electron chi connectivity index (χ2n) is 26.6.